The third-order valence-electron chi connectivity index (χ3n) is 4.44. The van der Waals surface area contributed by atoms with Crippen molar-refractivity contribution in [1.29, 1.82) is 0 Å². The molecule has 0 saturated carbocycles. The molecule has 22 heavy (non-hydrogen) atoms. The van der Waals surface area contributed by atoms with E-state index in [4.69, 9.17) is 4.74 Å². The number of para-hydroxylation sites is 2. The highest BCUT2D eigenvalue weighted by atomic mass is 16.5. The summed E-state index contributed by atoms with van der Waals surface area (Å²) in [4.78, 5) is 2.28. The van der Waals surface area contributed by atoms with Gasteiger partial charge in [-0.1, -0.05) is 18.2 Å². The minimum Gasteiger partial charge on any atom is -0.465 e. The molecule has 1 aromatic heterocycles. The number of aromatic nitrogens is 1. The second kappa shape index (κ2) is 5.91. The fourth-order valence-electron chi connectivity index (χ4n) is 3.29. The van der Waals surface area contributed by atoms with Gasteiger partial charge in [0.15, 0.2) is 6.23 Å². The molecule has 0 spiro atoms. The van der Waals surface area contributed by atoms with E-state index in [1.54, 1.807) is 0 Å². The molecular formula is C19H24N2O. The van der Waals surface area contributed by atoms with Crippen LogP contribution in [0.4, 0.5) is 5.69 Å². The Morgan fingerprint density at radius 3 is 2.59 bits per heavy atom. The summed E-state index contributed by atoms with van der Waals surface area (Å²) in [6.07, 6.45) is 4.32. The summed E-state index contributed by atoms with van der Waals surface area (Å²) in [7, 11) is 0. The number of likely N-dealkylation sites (N-methyl/N-ethyl adjacent to an activating group) is 1. The van der Waals surface area contributed by atoms with E-state index in [9.17, 15) is 0 Å². The van der Waals surface area contributed by atoms with Gasteiger partial charge >= 0.3 is 0 Å². The first kappa shape index (κ1) is 14.8. The number of aryl methyl sites for hydroxylation is 1. The van der Waals surface area contributed by atoms with Crippen LogP contribution >= 0.6 is 0 Å². The molecule has 0 fully saturated rings. The number of benzene rings is 1. The van der Waals surface area contributed by atoms with Crippen LogP contribution in [-0.2, 0) is 6.54 Å². The third kappa shape index (κ3) is 2.41. The highest BCUT2D eigenvalue weighted by Crippen LogP contribution is 2.37. The van der Waals surface area contributed by atoms with Crippen LogP contribution in [0.2, 0.25) is 0 Å². The standard InChI is InChI=1S/C19H24N2O/c1-5-20-14(3)13-16(15(20)4)11-12-19-21(6-2)17-9-7-8-10-18(17)22-19/h7-13,19H,5-6H2,1-4H3/b12-11+. The maximum atomic E-state index is 6.07. The van der Waals surface area contributed by atoms with Crippen molar-refractivity contribution in [2.75, 3.05) is 11.4 Å². The first-order valence-electron chi connectivity index (χ1n) is 8.03. The molecule has 1 unspecified atom stereocenters. The highest BCUT2D eigenvalue weighted by molar-refractivity contribution is 5.64. The van der Waals surface area contributed by atoms with Crippen molar-refractivity contribution >= 4 is 11.8 Å². The summed E-state index contributed by atoms with van der Waals surface area (Å²) in [6, 6.07) is 10.5. The Labute approximate surface area is 132 Å². The Hall–Kier alpha value is -2.16. The van der Waals surface area contributed by atoms with Gasteiger partial charge in [0.05, 0.1) is 5.69 Å². The first-order chi connectivity index (χ1) is 10.7. The van der Waals surface area contributed by atoms with Gasteiger partial charge in [0, 0.05) is 24.5 Å². The lowest BCUT2D eigenvalue weighted by Crippen LogP contribution is -2.32. The third-order valence-corrected chi connectivity index (χ3v) is 4.44. The number of hydrogen-bond acceptors (Lipinski definition) is 2. The van der Waals surface area contributed by atoms with Gasteiger partial charge in [0.2, 0.25) is 0 Å². The zero-order valence-electron chi connectivity index (χ0n) is 13.8. The van der Waals surface area contributed by atoms with Crippen molar-refractivity contribution in [1.82, 2.24) is 4.57 Å². The largest absolute Gasteiger partial charge is 0.465 e. The van der Waals surface area contributed by atoms with Gasteiger partial charge in [0.1, 0.15) is 5.75 Å². The van der Waals surface area contributed by atoms with Crippen molar-refractivity contribution in [3.8, 4) is 5.75 Å². The number of anilines is 1. The Bertz CT molecular complexity index is 699. The van der Waals surface area contributed by atoms with Gasteiger partial charge in [-0.25, -0.2) is 0 Å². The van der Waals surface area contributed by atoms with Crippen LogP contribution < -0.4 is 9.64 Å². The minimum absolute atomic E-state index is 0.0212. The van der Waals surface area contributed by atoms with Crippen molar-refractivity contribution < 1.29 is 4.74 Å². The molecule has 2 heterocycles. The Kier molecular flexibility index (Phi) is 3.97. The lowest BCUT2D eigenvalue weighted by Gasteiger charge is -2.20. The molecule has 0 radical (unpaired) electrons. The number of ether oxygens (including phenoxy) is 1. The lowest BCUT2D eigenvalue weighted by molar-refractivity contribution is 0.275. The van der Waals surface area contributed by atoms with E-state index in [-0.39, 0.29) is 6.23 Å². The zero-order valence-corrected chi connectivity index (χ0v) is 13.8. The topological polar surface area (TPSA) is 17.4 Å². The van der Waals surface area contributed by atoms with Crippen LogP contribution in [0.25, 0.3) is 6.08 Å². The van der Waals surface area contributed by atoms with Crippen molar-refractivity contribution in [3.05, 3.63) is 53.4 Å². The second-order valence-corrected chi connectivity index (χ2v) is 5.69. The molecule has 1 atom stereocenters. The van der Waals surface area contributed by atoms with Gasteiger partial charge in [0.25, 0.3) is 0 Å². The summed E-state index contributed by atoms with van der Waals surface area (Å²) < 4.78 is 8.40. The predicted molar refractivity (Wildman–Crippen MR) is 92.5 cm³/mol. The van der Waals surface area contributed by atoms with E-state index < -0.39 is 0 Å². The average molecular weight is 296 g/mol. The summed E-state index contributed by atoms with van der Waals surface area (Å²) >= 11 is 0. The fourth-order valence-corrected chi connectivity index (χ4v) is 3.29. The summed E-state index contributed by atoms with van der Waals surface area (Å²) in [6.45, 7) is 10.6. The molecule has 116 valence electrons. The van der Waals surface area contributed by atoms with E-state index in [0.717, 1.165) is 18.8 Å². The van der Waals surface area contributed by atoms with Gasteiger partial charge in [-0.15, -0.1) is 0 Å². The van der Waals surface area contributed by atoms with E-state index in [1.165, 1.54) is 22.6 Å². The van der Waals surface area contributed by atoms with Gasteiger partial charge in [-0.05, 0) is 57.5 Å². The smallest absolute Gasteiger partial charge is 0.192 e. The van der Waals surface area contributed by atoms with Crippen LogP contribution in [0, 0.1) is 13.8 Å². The molecule has 0 N–H and O–H groups in total. The van der Waals surface area contributed by atoms with Gasteiger partial charge < -0.3 is 14.2 Å². The van der Waals surface area contributed by atoms with Crippen LogP contribution in [0.1, 0.15) is 30.8 Å². The minimum atomic E-state index is -0.0212. The van der Waals surface area contributed by atoms with Gasteiger partial charge in [-0.2, -0.15) is 0 Å². The van der Waals surface area contributed by atoms with E-state index in [2.05, 4.69) is 67.5 Å². The van der Waals surface area contributed by atoms with Crippen molar-refractivity contribution in [2.45, 2.75) is 40.5 Å². The van der Waals surface area contributed by atoms with Crippen molar-refractivity contribution in [3.63, 3.8) is 0 Å². The summed E-state index contributed by atoms with van der Waals surface area (Å²) in [5, 5.41) is 0. The summed E-state index contributed by atoms with van der Waals surface area (Å²) in [5.41, 5.74) is 5.08. The van der Waals surface area contributed by atoms with Crippen LogP contribution in [0.15, 0.2) is 36.4 Å². The monoisotopic (exact) mass is 296 g/mol. The molecule has 0 saturated heterocycles. The van der Waals surface area contributed by atoms with Crippen LogP contribution in [0.3, 0.4) is 0 Å². The molecule has 1 aromatic carbocycles. The molecule has 1 aliphatic rings. The van der Waals surface area contributed by atoms with Crippen LogP contribution in [-0.4, -0.2) is 17.3 Å². The number of rotatable bonds is 4. The zero-order chi connectivity index (χ0) is 15.7. The Morgan fingerprint density at radius 2 is 1.91 bits per heavy atom. The Balaban J connectivity index is 1.85. The number of nitrogens with zero attached hydrogens (tertiary/aromatic N) is 2. The maximum absolute atomic E-state index is 6.07. The fraction of sp³-hybridized carbons (Fsp3) is 0.368. The van der Waals surface area contributed by atoms with Crippen molar-refractivity contribution in [2.24, 2.45) is 0 Å². The van der Waals surface area contributed by atoms with Crippen LogP contribution in [0.5, 0.6) is 5.75 Å². The molecule has 3 rings (SSSR count). The van der Waals surface area contributed by atoms with E-state index >= 15 is 0 Å². The molecule has 3 heteroatoms. The average Bonchev–Trinajstić information content (AvgIpc) is 3.01. The molecule has 0 bridgehead atoms. The van der Waals surface area contributed by atoms with Gasteiger partial charge in [-0.3, -0.25) is 0 Å². The SMILES string of the molecule is CCN1c2ccccc2OC1/C=C/c1cc(C)n(CC)c1C. The molecule has 0 aliphatic carbocycles. The molecular weight excluding hydrogens is 272 g/mol. The number of fused-ring (bicyclic) bond motifs is 1. The second-order valence-electron chi connectivity index (χ2n) is 5.69. The molecule has 0 amide bonds. The number of hydrogen-bond donors (Lipinski definition) is 0. The molecule has 2 aromatic rings. The Morgan fingerprint density at radius 1 is 1.14 bits per heavy atom. The molecule has 3 nitrogen and oxygen atoms in total. The highest BCUT2D eigenvalue weighted by Gasteiger charge is 2.27. The maximum Gasteiger partial charge on any atom is 0.192 e. The first-order valence-corrected chi connectivity index (χ1v) is 8.03. The van der Waals surface area contributed by atoms with E-state index in [1.807, 2.05) is 12.1 Å². The summed E-state index contributed by atoms with van der Waals surface area (Å²) in [5.74, 6) is 0.970. The quantitative estimate of drug-likeness (QED) is 0.833. The molecule has 1 aliphatic heterocycles. The van der Waals surface area contributed by atoms with E-state index in [0.29, 0.717) is 0 Å². The lowest BCUT2D eigenvalue weighted by atomic mass is 10.2. The normalized spacial score (nSPS) is 17.1. The predicted octanol–water partition coefficient (Wildman–Crippen LogP) is 4.38.